The van der Waals surface area contributed by atoms with E-state index < -0.39 is 11.5 Å². The number of nitrogens with one attached hydrogen (secondary N) is 2. The molecule has 0 aromatic rings. The third kappa shape index (κ3) is 4.43. The predicted molar refractivity (Wildman–Crippen MR) is 84.9 cm³/mol. The van der Waals surface area contributed by atoms with Gasteiger partial charge in [0.1, 0.15) is 6.04 Å². The minimum Gasteiger partial charge on any atom is -0.344 e. The highest BCUT2D eigenvalue weighted by Crippen LogP contribution is 2.32. The molecule has 1 fully saturated rings. The summed E-state index contributed by atoms with van der Waals surface area (Å²) in [6, 6.07) is -0.465. The first kappa shape index (κ1) is 18.0. The van der Waals surface area contributed by atoms with E-state index in [2.05, 4.69) is 10.6 Å². The number of likely N-dealkylation sites (N-methyl/N-ethyl adjacent to an activating group) is 1. The molecule has 1 saturated heterocycles. The van der Waals surface area contributed by atoms with Gasteiger partial charge in [0, 0.05) is 18.5 Å². The molecule has 2 amide bonds. The topological polar surface area (TPSA) is 61.4 Å². The van der Waals surface area contributed by atoms with Gasteiger partial charge in [-0.2, -0.15) is 0 Å². The van der Waals surface area contributed by atoms with Crippen LogP contribution in [0.2, 0.25) is 0 Å². The number of rotatable bonds is 6. The van der Waals surface area contributed by atoms with Crippen molar-refractivity contribution in [2.75, 3.05) is 26.2 Å². The molecule has 122 valence electrons. The normalized spacial score (nSPS) is 20.7. The zero-order chi connectivity index (χ0) is 16.0. The van der Waals surface area contributed by atoms with E-state index in [9.17, 15) is 9.59 Å². The Morgan fingerprint density at radius 3 is 2.43 bits per heavy atom. The molecule has 1 heterocycles. The highest BCUT2D eigenvalue weighted by atomic mass is 16.2. The van der Waals surface area contributed by atoms with Crippen LogP contribution in [-0.2, 0) is 9.59 Å². The lowest BCUT2D eigenvalue weighted by atomic mass is 9.74. The summed E-state index contributed by atoms with van der Waals surface area (Å²) < 4.78 is 0. The van der Waals surface area contributed by atoms with E-state index in [1.54, 1.807) is 11.8 Å². The van der Waals surface area contributed by atoms with Crippen molar-refractivity contribution in [1.29, 1.82) is 0 Å². The second kappa shape index (κ2) is 7.78. The highest BCUT2D eigenvalue weighted by molar-refractivity contribution is 5.89. The average Bonchev–Trinajstić information content (AvgIpc) is 2.49. The number of nitrogens with zero attached hydrogens (tertiary/aromatic N) is 1. The Labute approximate surface area is 128 Å². The lowest BCUT2D eigenvalue weighted by Crippen LogP contribution is -2.53. The Bertz CT molecular complexity index is 359. The van der Waals surface area contributed by atoms with Crippen LogP contribution < -0.4 is 10.6 Å². The molecule has 0 aromatic carbocycles. The molecule has 0 bridgehead atoms. The number of carbonyl (C=O) groups excluding carboxylic acids is 2. The predicted octanol–water partition coefficient (Wildman–Crippen LogP) is 1.39. The fourth-order valence-corrected chi connectivity index (χ4v) is 2.91. The summed E-state index contributed by atoms with van der Waals surface area (Å²) >= 11 is 0. The Balaban J connectivity index is 2.63. The van der Waals surface area contributed by atoms with Gasteiger partial charge in [-0.05, 0) is 52.6 Å². The Kier molecular flexibility index (Phi) is 6.65. The smallest absolute Gasteiger partial charge is 0.244 e. The van der Waals surface area contributed by atoms with Gasteiger partial charge in [-0.25, -0.2) is 0 Å². The molecule has 0 radical (unpaired) electrons. The molecule has 5 heteroatoms. The van der Waals surface area contributed by atoms with E-state index >= 15 is 0 Å². The van der Waals surface area contributed by atoms with Crippen molar-refractivity contribution in [3.8, 4) is 0 Å². The summed E-state index contributed by atoms with van der Waals surface area (Å²) in [7, 11) is 0. The van der Waals surface area contributed by atoms with Crippen LogP contribution in [0, 0.1) is 11.3 Å². The van der Waals surface area contributed by atoms with E-state index in [1.807, 2.05) is 27.7 Å². The molecular weight excluding hydrogens is 266 g/mol. The summed E-state index contributed by atoms with van der Waals surface area (Å²) in [6.07, 6.45) is 2.17. The number of hydrogen-bond donors (Lipinski definition) is 2. The first-order valence-electron chi connectivity index (χ1n) is 8.15. The third-order valence-electron chi connectivity index (χ3n) is 4.70. The lowest BCUT2D eigenvalue weighted by Gasteiger charge is -2.37. The second-order valence-corrected chi connectivity index (χ2v) is 6.47. The minimum absolute atomic E-state index is 0.00841. The van der Waals surface area contributed by atoms with Gasteiger partial charge >= 0.3 is 0 Å². The van der Waals surface area contributed by atoms with Crippen molar-refractivity contribution in [3.05, 3.63) is 0 Å². The first-order chi connectivity index (χ1) is 9.84. The van der Waals surface area contributed by atoms with Gasteiger partial charge in [0.15, 0.2) is 0 Å². The van der Waals surface area contributed by atoms with Crippen LogP contribution in [-0.4, -0.2) is 48.9 Å². The van der Waals surface area contributed by atoms with Gasteiger partial charge in [-0.1, -0.05) is 13.8 Å². The first-order valence-corrected chi connectivity index (χ1v) is 8.15. The Hall–Kier alpha value is -1.10. The van der Waals surface area contributed by atoms with E-state index in [-0.39, 0.29) is 11.8 Å². The Morgan fingerprint density at radius 2 is 1.95 bits per heavy atom. The third-order valence-corrected chi connectivity index (χ3v) is 4.70. The van der Waals surface area contributed by atoms with Crippen molar-refractivity contribution in [2.24, 2.45) is 11.3 Å². The quantitative estimate of drug-likeness (QED) is 0.779. The highest BCUT2D eigenvalue weighted by Gasteiger charge is 2.38. The van der Waals surface area contributed by atoms with E-state index in [4.69, 9.17) is 0 Å². The van der Waals surface area contributed by atoms with Gasteiger partial charge in [0.25, 0.3) is 0 Å². The Morgan fingerprint density at radius 1 is 1.33 bits per heavy atom. The second-order valence-electron chi connectivity index (χ2n) is 6.47. The van der Waals surface area contributed by atoms with Crippen molar-refractivity contribution >= 4 is 11.8 Å². The van der Waals surface area contributed by atoms with Crippen molar-refractivity contribution < 1.29 is 9.59 Å². The van der Waals surface area contributed by atoms with E-state index in [0.717, 1.165) is 25.9 Å². The molecular formula is C16H31N3O2. The summed E-state index contributed by atoms with van der Waals surface area (Å²) in [5.41, 5.74) is -0.453. The largest absolute Gasteiger partial charge is 0.344 e. The fraction of sp³-hybridized carbons (Fsp3) is 0.875. The van der Waals surface area contributed by atoms with Crippen molar-refractivity contribution in [3.63, 3.8) is 0 Å². The van der Waals surface area contributed by atoms with Crippen LogP contribution in [0.25, 0.3) is 0 Å². The summed E-state index contributed by atoms with van der Waals surface area (Å²) in [5, 5.41) is 6.26. The minimum atomic E-state index is -0.465. The lowest BCUT2D eigenvalue weighted by molar-refractivity contribution is -0.139. The fourth-order valence-electron chi connectivity index (χ4n) is 2.91. The van der Waals surface area contributed by atoms with Crippen molar-refractivity contribution in [2.45, 2.75) is 53.5 Å². The molecule has 0 aromatic heterocycles. The SMILES string of the molecule is CCN(CC)C(=O)C(C)NC(=O)C(C)(C)C1CCCNC1. The number of amides is 2. The van der Waals surface area contributed by atoms with Crippen LogP contribution in [0.3, 0.4) is 0 Å². The van der Waals surface area contributed by atoms with E-state index in [0.29, 0.717) is 19.0 Å². The summed E-state index contributed by atoms with van der Waals surface area (Å²) in [6.45, 7) is 12.9. The zero-order valence-corrected chi connectivity index (χ0v) is 14.2. The van der Waals surface area contributed by atoms with Crippen molar-refractivity contribution in [1.82, 2.24) is 15.5 Å². The molecule has 1 aliphatic heterocycles. The van der Waals surface area contributed by atoms with Crippen LogP contribution >= 0.6 is 0 Å². The maximum Gasteiger partial charge on any atom is 0.244 e. The molecule has 2 atom stereocenters. The van der Waals surface area contributed by atoms with Gasteiger partial charge in [0.05, 0.1) is 0 Å². The molecule has 1 rings (SSSR count). The van der Waals surface area contributed by atoms with Gasteiger partial charge in [-0.15, -0.1) is 0 Å². The molecule has 0 spiro atoms. The molecule has 1 aliphatic rings. The average molecular weight is 297 g/mol. The molecule has 2 unspecified atom stereocenters. The number of carbonyl (C=O) groups is 2. The molecule has 5 nitrogen and oxygen atoms in total. The summed E-state index contributed by atoms with van der Waals surface area (Å²) in [5.74, 6) is 0.289. The molecule has 2 N–H and O–H groups in total. The maximum absolute atomic E-state index is 12.6. The van der Waals surface area contributed by atoms with Crippen LogP contribution in [0.15, 0.2) is 0 Å². The zero-order valence-electron chi connectivity index (χ0n) is 14.2. The maximum atomic E-state index is 12.6. The standard InChI is InChI=1S/C16H31N3O2/c1-6-19(7-2)14(20)12(3)18-15(21)16(4,5)13-9-8-10-17-11-13/h12-13,17H,6-11H2,1-5H3,(H,18,21). The number of hydrogen-bond acceptors (Lipinski definition) is 3. The molecule has 21 heavy (non-hydrogen) atoms. The van der Waals surface area contributed by atoms with Gasteiger partial charge in [0.2, 0.25) is 11.8 Å². The summed E-state index contributed by atoms with van der Waals surface area (Å²) in [4.78, 5) is 26.6. The van der Waals surface area contributed by atoms with Crippen LogP contribution in [0.5, 0.6) is 0 Å². The van der Waals surface area contributed by atoms with Crippen LogP contribution in [0.1, 0.15) is 47.5 Å². The monoisotopic (exact) mass is 297 g/mol. The van der Waals surface area contributed by atoms with Crippen LogP contribution in [0.4, 0.5) is 0 Å². The van der Waals surface area contributed by atoms with E-state index in [1.165, 1.54) is 0 Å². The molecule has 0 aliphatic carbocycles. The van der Waals surface area contributed by atoms with Gasteiger partial charge in [-0.3, -0.25) is 9.59 Å². The molecule has 0 saturated carbocycles. The van der Waals surface area contributed by atoms with Gasteiger partial charge < -0.3 is 15.5 Å². The number of piperidine rings is 1.